The van der Waals surface area contributed by atoms with Gasteiger partial charge in [0, 0.05) is 17.5 Å². The number of nitrogens with zero attached hydrogens (tertiary/aromatic N) is 1. The first-order valence-corrected chi connectivity index (χ1v) is 13.0. The van der Waals surface area contributed by atoms with E-state index in [-0.39, 0.29) is 6.42 Å². The Morgan fingerprint density at radius 2 is 1.85 bits per heavy atom. The zero-order valence-corrected chi connectivity index (χ0v) is 22.1. The summed E-state index contributed by atoms with van der Waals surface area (Å²) in [5.74, 6) is -0.708. The molecule has 5 rings (SSSR count). The van der Waals surface area contributed by atoms with Crippen LogP contribution in [0.2, 0.25) is 0 Å². The van der Waals surface area contributed by atoms with Crippen molar-refractivity contribution >= 4 is 28.9 Å². The van der Waals surface area contributed by atoms with E-state index in [1.807, 2.05) is 61.5 Å². The number of hydrogen-bond donors (Lipinski definition) is 4. The molecule has 2 aromatic heterocycles. The number of hydrogen-bond acceptors (Lipinski definition) is 5. The molecular formula is C31H29FN4O4. The van der Waals surface area contributed by atoms with Crippen LogP contribution in [0.4, 0.5) is 10.3 Å². The van der Waals surface area contributed by atoms with Crippen molar-refractivity contribution in [1.29, 1.82) is 0 Å². The van der Waals surface area contributed by atoms with E-state index in [0.717, 1.165) is 33.5 Å². The number of aromatic amines is 1. The Bertz CT molecular complexity index is 1640. The van der Waals surface area contributed by atoms with E-state index in [1.165, 1.54) is 12.1 Å². The number of para-hydroxylation sites is 2. The number of anilines is 1. The number of carbonyl (C=O) groups is 2. The van der Waals surface area contributed by atoms with Crippen molar-refractivity contribution in [2.45, 2.75) is 39.3 Å². The largest absolute Gasteiger partial charge is 0.480 e. The molecule has 1 atom stereocenters. The van der Waals surface area contributed by atoms with Crippen molar-refractivity contribution in [3.05, 3.63) is 107 Å². The summed E-state index contributed by atoms with van der Waals surface area (Å²) >= 11 is 0. The van der Waals surface area contributed by atoms with E-state index < -0.39 is 23.7 Å². The molecule has 9 heteroatoms. The number of aromatic nitrogens is 2. The molecule has 5 aromatic rings. The van der Waals surface area contributed by atoms with Crippen LogP contribution >= 0.6 is 0 Å². The lowest BCUT2D eigenvalue weighted by Crippen LogP contribution is -2.42. The second-order valence-corrected chi connectivity index (χ2v) is 9.63. The highest BCUT2D eigenvalue weighted by atomic mass is 19.1. The molecule has 0 aliphatic carbocycles. The van der Waals surface area contributed by atoms with Crippen LogP contribution in [0, 0.1) is 12.7 Å². The zero-order valence-electron chi connectivity index (χ0n) is 22.1. The minimum Gasteiger partial charge on any atom is -0.480 e. The van der Waals surface area contributed by atoms with Crippen molar-refractivity contribution in [2.75, 3.05) is 5.32 Å². The number of carboxylic acid groups (broad SMARTS) is 1. The second kappa shape index (κ2) is 11.4. The van der Waals surface area contributed by atoms with Gasteiger partial charge in [-0.15, -0.1) is 0 Å². The number of halogens is 1. The van der Waals surface area contributed by atoms with Gasteiger partial charge >= 0.3 is 5.97 Å². The number of H-pyrrole nitrogens is 1. The molecule has 8 nitrogen and oxygen atoms in total. The van der Waals surface area contributed by atoms with Gasteiger partial charge in [-0.3, -0.25) is 4.79 Å². The molecule has 2 heterocycles. The summed E-state index contributed by atoms with van der Waals surface area (Å²) in [5.41, 5.74) is 5.69. The van der Waals surface area contributed by atoms with Crippen LogP contribution in [0.3, 0.4) is 0 Å². The molecule has 40 heavy (non-hydrogen) atoms. The standard InChI is InChI=1S/C31H29FN4O4/c1-3-20-14-23(32)12-18(2)28(20)29(37)34-27(30(38)39)13-19-8-10-21(11-9-19)22-15-24(40-17-22)16-33-31-35-25-6-4-5-7-26(25)36-31/h4-12,14-15,17,27H,3,13,16H2,1-2H3,(H,34,37)(H,38,39)(H2,33,35,36). The summed E-state index contributed by atoms with van der Waals surface area (Å²) in [7, 11) is 0. The third-order valence-corrected chi connectivity index (χ3v) is 6.79. The molecule has 1 amide bonds. The summed E-state index contributed by atoms with van der Waals surface area (Å²) in [6, 6.07) is 18.6. The Morgan fingerprint density at radius 3 is 2.58 bits per heavy atom. The lowest BCUT2D eigenvalue weighted by molar-refractivity contribution is -0.139. The molecule has 0 saturated carbocycles. The van der Waals surface area contributed by atoms with Gasteiger partial charge in [0.2, 0.25) is 5.95 Å². The molecule has 3 aromatic carbocycles. The Hall–Kier alpha value is -4.92. The Balaban J connectivity index is 1.22. The molecule has 0 saturated heterocycles. The first-order valence-electron chi connectivity index (χ1n) is 13.0. The van der Waals surface area contributed by atoms with E-state index in [2.05, 4.69) is 20.6 Å². The monoisotopic (exact) mass is 540 g/mol. The van der Waals surface area contributed by atoms with Crippen LogP contribution in [-0.4, -0.2) is 33.0 Å². The van der Waals surface area contributed by atoms with Gasteiger partial charge in [-0.25, -0.2) is 14.2 Å². The van der Waals surface area contributed by atoms with Gasteiger partial charge in [0.15, 0.2) is 0 Å². The molecule has 0 fully saturated rings. The van der Waals surface area contributed by atoms with Gasteiger partial charge in [0.1, 0.15) is 17.6 Å². The molecule has 0 radical (unpaired) electrons. The van der Waals surface area contributed by atoms with Crippen molar-refractivity contribution < 1.29 is 23.5 Å². The average molecular weight is 541 g/mol. The third-order valence-electron chi connectivity index (χ3n) is 6.79. The highest BCUT2D eigenvalue weighted by molar-refractivity contribution is 5.99. The SMILES string of the molecule is CCc1cc(F)cc(C)c1C(=O)NC(Cc1ccc(-c2coc(CNc3nc4ccccc4[nH]3)c2)cc1)C(=O)O. The number of furan rings is 1. The highest BCUT2D eigenvalue weighted by Crippen LogP contribution is 2.24. The number of aliphatic carboxylic acids is 1. The number of imidazole rings is 1. The minimum absolute atomic E-state index is 0.0983. The predicted octanol–water partition coefficient (Wildman–Crippen LogP) is 5.87. The zero-order chi connectivity index (χ0) is 28.2. The molecular weight excluding hydrogens is 511 g/mol. The first-order chi connectivity index (χ1) is 19.3. The number of aryl methyl sites for hydroxylation is 2. The van der Waals surface area contributed by atoms with Gasteiger partial charge in [-0.1, -0.05) is 43.3 Å². The van der Waals surface area contributed by atoms with Crippen molar-refractivity contribution in [3.63, 3.8) is 0 Å². The summed E-state index contributed by atoms with van der Waals surface area (Å²) in [5, 5.41) is 15.6. The molecule has 0 aliphatic rings. The van der Waals surface area contributed by atoms with Gasteiger partial charge in [0.25, 0.3) is 5.91 Å². The summed E-state index contributed by atoms with van der Waals surface area (Å²) < 4.78 is 19.5. The van der Waals surface area contributed by atoms with Gasteiger partial charge in [-0.2, -0.15) is 0 Å². The van der Waals surface area contributed by atoms with Crippen molar-refractivity contribution in [3.8, 4) is 11.1 Å². The number of carbonyl (C=O) groups excluding carboxylic acids is 1. The quantitative estimate of drug-likeness (QED) is 0.176. The fraction of sp³-hybridized carbons (Fsp3) is 0.194. The van der Waals surface area contributed by atoms with Crippen molar-refractivity contribution in [2.24, 2.45) is 0 Å². The Morgan fingerprint density at radius 1 is 1.07 bits per heavy atom. The summed E-state index contributed by atoms with van der Waals surface area (Å²) in [4.78, 5) is 32.7. The molecule has 204 valence electrons. The van der Waals surface area contributed by atoms with Gasteiger partial charge < -0.3 is 25.1 Å². The second-order valence-electron chi connectivity index (χ2n) is 9.63. The molecule has 0 bridgehead atoms. The van der Waals surface area contributed by atoms with Crippen LogP contribution in [0.25, 0.3) is 22.2 Å². The lowest BCUT2D eigenvalue weighted by Gasteiger charge is -2.17. The van der Waals surface area contributed by atoms with Crippen LogP contribution in [0.1, 0.15) is 39.7 Å². The minimum atomic E-state index is -1.15. The predicted molar refractivity (Wildman–Crippen MR) is 151 cm³/mol. The maximum Gasteiger partial charge on any atom is 0.326 e. The number of fused-ring (bicyclic) bond motifs is 1. The Labute approximate surface area is 230 Å². The number of amides is 1. The molecule has 0 spiro atoms. The number of carboxylic acids is 1. The summed E-state index contributed by atoms with van der Waals surface area (Å²) in [6.45, 7) is 3.91. The average Bonchev–Trinajstić information content (AvgIpc) is 3.58. The maximum absolute atomic E-state index is 13.8. The van der Waals surface area contributed by atoms with E-state index >= 15 is 0 Å². The topological polar surface area (TPSA) is 120 Å². The fourth-order valence-electron chi connectivity index (χ4n) is 4.75. The lowest BCUT2D eigenvalue weighted by atomic mass is 9.97. The van der Waals surface area contributed by atoms with Crippen LogP contribution in [-0.2, 0) is 24.2 Å². The van der Waals surface area contributed by atoms with Crippen LogP contribution < -0.4 is 10.6 Å². The molecule has 1 unspecified atom stereocenters. The van der Waals surface area contributed by atoms with Gasteiger partial charge in [0.05, 0.1) is 23.8 Å². The van der Waals surface area contributed by atoms with E-state index in [1.54, 1.807) is 13.2 Å². The Kier molecular flexibility index (Phi) is 7.63. The number of rotatable bonds is 10. The third kappa shape index (κ3) is 5.88. The van der Waals surface area contributed by atoms with Crippen LogP contribution in [0.5, 0.6) is 0 Å². The smallest absolute Gasteiger partial charge is 0.326 e. The van der Waals surface area contributed by atoms with Gasteiger partial charge in [-0.05, 0) is 65.9 Å². The molecule has 4 N–H and O–H groups in total. The summed E-state index contributed by atoms with van der Waals surface area (Å²) in [6.07, 6.45) is 2.22. The van der Waals surface area contributed by atoms with E-state index in [9.17, 15) is 19.1 Å². The van der Waals surface area contributed by atoms with Crippen LogP contribution in [0.15, 0.2) is 77.4 Å². The van der Waals surface area contributed by atoms with E-state index in [0.29, 0.717) is 35.6 Å². The highest BCUT2D eigenvalue weighted by Gasteiger charge is 2.24. The maximum atomic E-state index is 13.8. The first kappa shape index (κ1) is 26.7. The van der Waals surface area contributed by atoms with E-state index in [4.69, 9.17) is 4.42 Å². The van der Waals surface area contributed by atoms with Crippen molar-refractivity contribution in [1.82, 2.24) is 15.3 Å². The fourth-order valence-corrected chi connectivity index (χ4v) is 4.75. The molecule has 0 aliphatic heterocycles. The number of benzene rings is 3. The normalized spacial score (nSPS) is 11.9. The number of nitrogens with one attached hydrogen (secondary N) is 3.